The van der Waals surface area contributed by atoms with Crippen molar-refractivity contribution in [3.05, 3.63) is 59.9 Å². The lowest BCUT2D eigenvalue weighted by molar-refractivity contribution is -0.121. The smallest absolute Gasteiger partial charge is 0.259 e. The van der Waals surface area contributed by atoms with Crippen LogP contribution in [0, 0.1) is 6.92 Å². The minimum Gasteiger partial charge on any atom is -0.467 e. The summed E-state index contributed by atoms with van der Waals surface area (Å²) in [7, 11) is 1.55. The highest BCUT2D eigenvalue weighted by molar-refractivity contribution is 6.07. The van der Waals surface area contributed by atoms with Crippen molar-refractivity contribution in [2.45, 2.75) is 13.5 Å². The van der Waals surface area contributed by atoms with E-state index in [-0.39, 0.29) is 30.6 Å². The number of nitrogens with zero attached hydrogens (tertiary/aromatic N) is 3. The minimum atomic E-state index is -0.357. The molecule has 29 heavy (non-hydrogen) atoms. The number of furan rings is 2. The summed E-state index contributed by atoms with van der Waals surface area (Å²) in [5.74, 6) is 0.459. The molecule has 0 aliphatic heterocycles. The zero-order chi connectivity index (χ0) is 20.4. The van der Waals surface area contributed by atoms with Crippen molar-refractivity contribution < 1.29 is 22.9 Å². The number of pyridine rings is 1. The fourth-order valence-electron chi connectivity index (χ4n) is 2.96. The van der Waals surface area contributed by atoms with E-state index in [2.05, 4.69) is 15.5 Å². The quantitative estimate of drug-likeness (QED) is 0.535. The molecule has 0 aliphatic carbocycles. The number of amides is 2. The molecule has 0 unspecified atom stereocenters. The molecule has 0 atom stereocenters. The van der Waals surface area contributed by atoms with Gasteiger partial charge in [0.05, 0.1) is 42.3 Å². The van der Waals surface area contributed by atoms with Crippen LogP contribution >= 0.6 is 0 Å². The van der Waals surface area contributed by atoms with Crippen LogP contribution in [0.2, 0.25) is 0 Å². The van der Waals surface area contributed by atoms with Crippen molar-refractivity contribution in [3.63, 3.8) is 0 Å². The van der Waals surface area contributed by atoms with E-state index in [4.69, 9.17) is 13.4 Å². The second kappa shape index (κ2) is 7.63. The van der Waals surface area contributed by atoms with E-state index < -0.39 is 0 Å². The number of hydrogen-bond acceptors (Lipinski definition) is 7. The summed E-state index contributed by atoms with van der Waals surface area (Å²) >= 11 is 0. The Balaban J connectivity index is 1.56. The van der Waals surface area contributed by atoms with Crippen molar-refractivity contribution in [2.75, 3.05) is 13.6 Å². The number of hydrogen-bond donors (Lipinski definition) is 1. The first-order chi connectivity index (χ1) is 14.0. The Morgan fingerprint density at radius 2 is 1.97 bits per heavy atom. The van der Waals surface area contributed by atoms with Crippen molar-refractivity contribution in [3.8, 4) is 11.5 Å². The van der Waals surface area contributed by atoms with Crippen LogP contribution in [0.3, 0.4) is 0 Å². The van der Waals surface area contributed by atoms with Crippen LogP contribution in [-0.2, 0) is 11.3 Å². The van der Waals surface area contributed by atoms with Crippen LogP contribution in [-0.4, -0.2) is 40.4 Å². The van der Waals surface area contributed by atoms with Gasteiger partial charge in [0.15, 0.2) is 5.76 Å². The summed E-state index contributed by atoms with van der Waals surface area (Å²) < 4.78 is 15.8. The number of likely N-dealkylation sites (N-methyl/N-ethyl adjacent to an activating group) is 1. The van der Waals surface area contributed by atoms with Crippen LogP contribution in [0.4, 0.5) is 0 Å². The predicted octanol–water partition coefficient (Wildman–Crippen LogP) is 2.77. The highest BCUT2D eigenvalue weighted by Gasteiger charge is 2.23. The monoisotopic (exact) mass is 394 g/mol. The number of fused-ring (bicyclic) bond motifs is 1. The molecule has 9 heteroatoms. The molecule has 4 heterocycles. The van der Waals surface area contributed by atoms with Crippen molar-refractivity contribution in [1.82, 2.24) is 20.4 Å². The van der Waals surface area contributed by atoms with Crippen LogP contribution in [0.1, 0.15) is 21.8 Å². The van der Waals surface area contributed by atoms with Gasteiger partial charge in [0, 0.05) is 7.05 Å². The van der Waals surface area contributed by atoms with Crippen molar-refractivity contribution in [2.24, 2.45) is 0 Å². The molecule has 4 aromatic rings. The molecule has 148 valence electrons. The number of rotatable bonds is 6. The van der Waals surface area contributed by atoms with Crippen molar-refractivity contribution in [1.29, 1.82) is 0 Å². The molecular weight excluding hydrogens is 376 g/mol. The number of nitrogens with one attached hydrogen (secondary N) is 1. The summed E-state index contributed by atoms with van der Waals surface area (Å²) in [6.07, 6.45) is 3.05. The molecule has 0 aromatic carbocycles. The number of aryl methyl sites for hydroxylation is 1. The molecule has 9 nitrogen and oxygen atoms in total. The van der Waals surface area contributed by atoms with Crippen LogP contribution < -0.4 is 5.32 Å². The Kier molecular flexibility index (Phi) is 4.86. The lowest BCUT2D eigenvalue weighted by atomic mass is 10.1. The molecule has 0 fully saturated rings. The molecule has 0 saturated heterocycles. The third-order valence-corrected chi connectivity index (χ3v) is 4.39. The number of carbonyl (C=O) groups excluding carboxylic acids is 2. The summed E-state index contributed by atoms with van der Waals surface area (Å²) in [4.78, 5) is 31.0. The molecule has 4 aromatic heterocycles. The second-order valence-electron chi connectivity index (χ2n) is 6.50. The molecule has 0 bridgehead atoms. The van der Waals surface area contributed by atoms with E-state index in [9.17, 15) is 9.59 Å². The van der Waals surface area contributed by atoms with Gasteiger partial charge in [-0.2, -0.15) is 0 Å². The van der Waals surface area contributed by atoms with E-state index in [1.165, 1.54) is 17.4 Å². The Morgan fingerprint density at radius 1 is 1.17 bits per heavy atom. The Morgan fingerprint density at radius 3 is 2.69 bits per heavy atom. The van der Waals surface area contributed by atoms with Gasteiger partial charge in [-0.15, -0.1) is 0 Å². The van der Waals surface area contributed by atoms with Crippen LogP contribution in [0.15, 0.2) is 56.2 Å². The van der Waals surface area contributed by atoms with Gasteiger partial charge in [0.25, 0.3) is 11.6 Å². The maximum Gasteiger partial charge on any atom is 0.259 e. The predicted molar refractivity (Wildman–Crippen MR) is 102 cm³/mol. The van der Waals surface area contributed by atoms with Gasteiger partial charge in [0.1, 0.15) is 11.5 Å². The fourth-order valence-corrected chi connectivity index (χ4v) is 2.96. The first kappa shape index (κ1) is 18.5. The molecule has 0 aliphatic rings. The molecule has 2 amide bonds. The average Bonchev–Trinajstić information content (AvgIpc) is 3.47. The van der Waals surface area contributed by atoms with Gasteiger partial charge in [-0.1, -0.05) is 5.16 Å². The zero-order valence-electron chi connectivity index (χ0n) is 15.8. The minimum absolute atomic E-state index is 0.121. The van der Waals surface area contributed by atoms with Gasteiger partial charge in [0.2, 0.25) is 5.91 Å². The summed E-state index contributed by atoms with van der Waals surface area (Å²) in [5.41, 5.74) is 1.55. The maximum atomic E-state index is 13.1. The normalized spacial score (nSPS) is 11.0. The number of carbonyl (C=O) groups is 2. The molecule has 1 N–H and O–H groups in total. The Hall–Kier alpha value is -3.88. The molecule has 0 radical (unpaired) electrons. The third-order valence-electron chi connectivity index (χ3n) is 4.39. The topological polar surface area (TPSA) is 115 Å². The summed E-state index contributed by atoms with van der Waals surface area (Å²) in [5, 5.41) is 7.13. The van der Waals surface area contributed by atoms with E-state index in [1.807, 2.05) is 0 Å². The molecular formula is C20H18N4O5. The van der Waals surface area contributed by atoms with Crippen LogP contribution in [0.25, 0.3) is 22.6 Å². The van der Waals surface area contributed by atoms with Crippen molar-refractivity contribution >= 4 is 22.9 Å². The molecule has 4 rings (SSSR count). The Bertz CT molecular complexity index is 1150. The van der Waals surface area contributed by atoms with Gasteiger partial charge in [-0.25, -0.2) is 4.98 Å². The summed E-state index contributed by atoms with van der Waals surface area (Å²) in [6, 6.07) is 8.57. The fraction of sp³-hybridized carbons (Fsp3) is 0.200. The van der Waals surface area contributed by atoms with E-state index in [0.717, 1.165) is 0 Å². The molecule has 0 spiro atoms. The van der Waals surface area contributed by atoms with E-state index >= 15 is 0 Å². The van der Waals surface area contributed by atoms with E-state index in [1.54, 1.807) is 44.3 Å². The van der Waals surface area contributed by atoms with Gasteiger partial charge in [-0.05, 0) is 37.3 Å². The lowest BCUT2D eigenvalue weighted by Crippen LogP contribution is -2.38. The summed E-state index contributed by atoms with van der Waals surface area (Å²) in [6.45, 7) is 1.86. The van der Waals surface area contributed by atoms with Gasteiger partial charge >= 0.3 is 0 Å². The highest BCUT2D eigenvalue weighted by atomic mass is 16.5. The SMILES string of the molecule is Cc1noc2nc(-c3ccco3)cc(C(=O)N(C)CC(=O)NCc3ccco3)c12. The Labute approximate surface area is 165 Å². The second-order valence-corrected chi connectivity index (χ2v) is 6.50. The zero-order valence-corrected chi connectivity index (χ0v) is 15.8. The first-order valence-corrected chi connectivity index (χ1v) is 8.88. The average molecular weight is 394 g/mol. The standard InChI is InChI=1S/C20H18N4O5/c1-12-18-14(9-15(16-6-4-8-28-16)22-19(18)29-23-12)20(26)24(2)11-17(25)21-10-13-5-3-7-27-13/h3-9H,10-11H2,1-2H3,(H,21,25). The number of aromatic nitrogens is 2. The third kappa shape index (κ3) is 3.75. The van der Waals surface area contributed by atoms with E-state index in [0.29, 0.717) is 33.9 Å². The largest absolute Gasteiger partial charge is 0.467 e. The molecule has 0 saturated carbocycles. The lowest BCUT2D eigenvalue weighted by Gasteiger charge is -2.17. The highest BCUT2D eigenvalue weighted by Crippen LogP contribution is 2.28. The first-order valence-electron chi connectivity index (χ1n) is 8.88. The van der Waals surface area contributed by atoms with Gasteiger partial charge < -0.3 is 23.6 Å². The van der Waals surface area contributed by atoms with Crippen LogP contribution in [0.5, 0.6) is 0 Å². The van der Waals surface area contributed by atoms with Gasteiger partial charge in [-0.3, -0.25) is 9.59 Å². The maximum absolute atomic E-state index is 13.1.